The lowest BCUT2D eigenvalue weighted by atomic mass is 9.97. The van der Waals surface area contributed by atoms with E-state index in [9.17, 15) is 9.59 Å². The topological polar surface area (TPSA) is 92.3 Å². The van der Waals surface area contributed by atoms with E-state index in [0.29, 0.717) is 5.56 Å². The fraction of sp³-hybridized carbons (Fsp3) is 0.360. The van der Waals surface area contributed by atoms with Gasteiger partial charge in [-0.2, -0.15) is 0 Å². The molecule has 1 saturated heterocycles. The van der Waals surface area contributed by atoms with Crippen molar-refractivity contribution < 1.29 is 33.3 Å². The van der Waals surface area contributed by atoms with Gasteiger partial charge >= 0.3 is 5.97 Å². The number of carbonyl (C=O) groups excluding carboxylic acids is 2. The van der Waals surface area contributed by atoms with Crippen LogP contribution in [-0.2, 0) is 28.5 Å². The minimum atomic E-state index is -0.857. The predicted molar refractivity (Wildman–Crippen MR) is 134 cm³/mol. The SMILES string of the molecule is CO[C@H]1O[C@H](CNC(=O)c2ccccc2I)[C@@H](OC(=O)/C=C/c2ccccc2)[C@H](OC)[C@H]1OC. The highest BCUT2D eigenvalue weighted by Crippen LogP contribution is 2.28. The van der Waals surface area contributed by atoms with Crippen LogP contribution in [0.1, 0.15) is 15.9 Å². The number of carbonyl (C=O) groups is 2. The average Bonchev–Trinajstić information content (AvgIpc) is 2.86. The van der Waals surface area contributed by atoms with Crippen molar-refractivity contribution in [1.29, 1.82) is 0 Å². The molecule has 1 fully saturated rings. The summed E-state index contributed by atoms with van der Waals surface area (Å²) in [5, 5.41) is 2.86. The van der Waals surface area contributed by atoms with Gasteiger partial charge in [-0.3, -0.25) is 4.79 Å². The molecule has 8 nitrogen and oxygen atoms in total. The van der Waals surface area contributed by atoms with Crippen molar-refractivity contribution in [3.8, 4) is 0 Å². The van der Waals surface area contributed by atoms with E-state index in [0.717, 1.165) is 9.13 Å². The zero-order valence-corrected chi connectivity index (χ0v) is 21.3. The van der Waals surface area contributed by atoms with Crippen LogP contribution in [-0.4, -0.2) is 70.5 Å². The molecule has 0 spiro atoms. The first-order chi connectivity index (χ1) is 16.5. The summed E-state index contributed by atoms with van der Waals surface area (Å²) < 4.78 is 29.2. The second-order valence-corrected chi connectivity index (χ2v) is 8.68. The molecule has 0 saturated carbocycles. The number of amides is 1. The van der Waals surface area contributed by atoms with Gasteiger partial charge < -0.3 is 29.0 Å². The Morgan fingerprint density at radius 3 is 2.26 bits per heavy atom. The number of rotatable bonds is 9. The highest BCUT2D eigenvalue weighted by molar-refractivity contribution is 14.1. The van der Waals surface area contributed by atoms with Gasteiger partial charge in [0.2, 0.25) is 0 Å². The lowest BCUT2D eigenvalue weighted by Gasteiger charge is -2.44. The van der Waals surface area contributed by atoms with Crippen LogP contribution in [0.5, 0.6) is 0 Å². The summed E-state index contributed by atoms with van der Waals surface area (Å²) in [5.74, 6) is -0.835. The van der Waals surface area contributed by atoms with Crippen molar-refractivity contribution >= 4 is 40.5 Å². The average molecular weight is 581 g/mol. The number of hydrogen-bond donors (Lipinski definition) is 1. The van der Waals surface area contributed by atoms with Gasteiger partial charge in [0.15, 0.2) is 12.4 Å². The van der Waals surface area contributed by atoms with Crippen LogP contribution in [0.25, 0.3) is 6.08 Å². The standard InChI is InChI=1S/C25H28INO7/c1-30-22-21(34-20(28)14-13-16-9-5-4-6-10-16)19(33-25(32-3)23(22)31-2)15-27-24(29)17-11-7-8-12-18(17)26/h4-14,19,21-23,25H,15H2,1-3H3,(H,27,29)/b14-13+/t19-,21-,22+,23-,25+/m1/s1. The molecule has 34 heavy (non-hydrogen) atoms. The van der Waals surface area contributed by atoms with E-state index in [2.05, 4.69) is 27.9 Å². The van der Waals surface area contributed by atoms with Gasteiger partial charge in [0.1, 0.15) is 18.3 Å². The number of esters is 1. The Morgan fingerprint density at radius 2 is 1.62 bits per heavy atom. The molecule has 182 valence electrons. The van der Waals surface area contributed by atoms with Crippen molar-refractivity contribution in [2.75, 3.05) is 27.9 Å². The maximum atomic E-state index is 12.7. The minimum absolute atomic E-state index is 0.0698. The van der Waals surface area contributed by atoms with Crippen LogP contribution in [0.15, 0.2) is 60.7 Å². The molecule has 1 aliphatic heterocycles. The number of halogens is 1. The van der Waals surface area contributed by atoms with Gasteiger partial charge in [-0.25, -0.2) is 4.79 Å². The largest absolute Gasteiger partial charge is 0.453 e. The number of hydrogen-bond acceptors (Lipinski definition) is 7. The Bertz CT molecular complexity index is 984. The van der Waals surface area contributed by atoms with E-state index in [4.69, 9.17) is 23.7 Å². The number of ether oxygens (including phenoxy) is 5. The van der Waals surface area contributed by atoms with Gasteiger partial charge in [0.05, 0.1) is 5.56 Å². The Morgan fingerprint density at radius 1 is 0.941 bits per heavy atom. The highest BCUT2D eigenvalue weighted by atomic mass is 127. The zero-order chi connectivity index (χ0) is 24.5. The van der Waals surface area contributed by atoms with E-state index in [1.54, 1.807) is 18.2 Å². The third-order valence-electron chi connectivity index (χ3n) is 5.41. The van der Waals surface area contributed by atoms with E-state index in [1.165, 1.54) is 27.4 Å². The van der Waals surface area contributed by atoms with Gasteiger partial charge in [0.25, 0.3) is 5.91 Å². The number of nitrogens with one attached hydrogen (secondary N) is 1. The highest BCUT2D eigenvalue weighted by Gasteiger charge is 2.49. The molecular weight excluding hydrogens is 553 g/mol. The Kier molecular flexibility index (Phi) is 10.0. The van der Waals surface area contributed by atoms with Gasteiger partial charge in [-0.1, -0.05) is 42.5 Å². The first-order valence-electron chi connectivity index (χ1n) is 10.7. The van der Waals surface area contributed by atoms with E-state index in [1.807, 2.05) is 42.5 Å². The van der Waals surface area contributed by atoms with Crippen molar-refractivity contribution in [3.05, 3.63) is 75.4 Å². The molecular formula is C25H28INO7. The second kappa shape index (κ2) is 13.0. The van der Waals surface area contributed by atoms with Crippen LogP contribution in [0.4, 0.5) is 0 Å². The normalized spacial score (nSPS) is 24.6. The molecule has 0 aliphatic carbocycles. The zero-order valence-electron chi connectivity index (χ0n) is 19.2. The van der Waals surface area contributed by atoms with Crippen LogP contribution in [0.2, 0.25) is 0 Å². The second-order valence-electron chi connectivity index (χ2n) is 7.51. The number of methoxy groups -OCH3 is 3. The monoisotopic (exact) mass is 581 g/mol. The van der Waals surface area contributed by atoms with Gasteiger partial charge in [-0.05, 0) is 46.4 Å². The maximum Gasteiger partial charge on any atom is 0.331 e. The molecule has 1 heterocycles. The van der Waals surface area contributed by atoms with Gasteiger partial charge in [-0.15, -0.1) is 0 Å². The lowest BCUT2D eigenvalue weighted by molar-refractivity contribution is -0.299. The summed E-state index contributed by atoms with van der Waals surface area (Å²) >= 11 is 2.10. The van der Waals surface area contributed by atoms with Crippen molar-refractivity contribution in [3.63, 3.8) is 0 Å². The number of benzene rings is 2. The van der Waals surface area contributed by atoms with E-state index >= 15 is 0 Å². The molecule has 0 bridgehead atoms. The Labute approximate surface area is 212 Å². The smallest absolute Gasteiger partial charge is 0.331 e. The maximum absolute atomic E-state index is 12.7. The van der Waals surface area contributed by atoms with Crippen molar-refractivity contribution in [2.45, 2.75) is 30.7 Å². The lowest BCUT2D eigenvalue weighted by Crippen LogP contribution is -2.62. The molecule has 1 N–H and O–H groups in total. The molecule has 2 aromatic carbocycles. The van der Waals surface area contributed by atoms with E-state index in [-0.39, 0.29) is 12.5 Å². The first kappa shape index (κ1) is 26.3. The summed E-state index contributed by atoms with van der Waals surface area (Å²) in [6.07, 6.45) is -0.694. The Hall–Kier alpha value is -2.31. The van der Waals surface area contributed by atoms with Crippen LogP contribution in [0.3, 0.4) is 0 Å². The van der Waals surface area contributed by atoms with E-state index < -0.39 is 36.7 Å². The molecule has 0 radical (unpaired) electrons. The van der Waals surface area contributed by atoms with Crippen molar-refractivity contribution in [2.24, 2.45) is 0 Å². The quantitative estimate of drug-likeness (QED) is 0.277. The summed E-state index contributed by atoms with van der Waals surface area (Å²) in [7, 11) is 4.48. The summed E-state index contributed by atoms with van der Waals surface area (Å²) in [6.45, 7) is 0.0698. The molecule has 5 atom stereocenters. The van der Waals surface area contributed by atoms with Crippen LogP contribution >= 0.6 is 22.6 Å². The predicted octanol–water partition coefficient (Wildman–Crippen LogP) is 3.05. The molecule has 1 aliphatic rings. The fourth-order valence-electron chi connectivity index (χ4n) is 3.73. The first-order valence-corrected chi connectivity index (χ1v) is 11.8. The summed E-state index contributed by atoms with van der Waals surface area (Å²) in [5.41, 5.74) is 1.40. The third-order valence-corrected chi connectivity index (χ3v) is 6.35. The molecule has 0 unspecified atom stereocenters. The molecule has 3 rings (SSSR count). The molecule has 0 aromatic heterocycles. The summed E-state index contributed by atoms with van der Waals surface area (Å²) in [4.78, 5) is 25.4. The van der Waals surface area contributed by atoms with Crippen LogP contribution in [0, 0.1) is 3.57 Å². The molecule has 9 heteroatoms. The molecule has 1 amide bonds. The minimum Gasteiger partial charge on any atom is -0.453 e. The van der Waals surface area contributed by atoms with Gasteiger partial charge in [0, 0.05) is 37.5 Å². The fourth-order valence-corrected chi connectivity index (χ4v) is 4.36. The summed E-state index contributed by atoms with van der Waals surface area (Å²) in [6, 6.07) is 16.6. The van der Waals surface area contributed by atoms with Crippen LogP contribution < -0.4 is 5.32 Å². The van der Waals surface area contributed by atoms with Crippen molar-refractivity contribution in [1.82, 2.24) is 5.32 Å². The Balaban J connectivity index is 1.77. The molecule has 2 aromatic rings. The third kappa shape index (κ3) is 6.63.